The first-order valence-corrected chi connectivity index (χ1v) is 6.06. The van der Waals surface area contributed by atoms with Crippen LogP contribution in [-0.4, -0.2) is 19.0 Å². The summed E-state index contributed by atoms with van der Waals surface area (Å²) in [5.74, 6) is -1.76. The molecule has 5 nitrogen and oxygen atoms in total. The Kier molecular flexibility index (Phi) is 4.18. The molecule has 2 rings (SSSR count). The molecule has 0 saturated heterocycles. The van der Waals surface area contributed by atoms with Gasteiger partial charge in [-0.3, -0.25) is 4.79 Å². The molecular weight excluding hydrogens is 275 g/mol. The van der Waals surface area contributed by atoms with Crippen molar-refractivity contribution in [2.75, 3.05) is 18.2 Å². The van der Waals surface area contributed by atoms with Crippen LogP contribution in [0, 0.1) is 5.82 Å². The number of nitrogen functional groups attached to an aromatic ring is 1. The number of halogens is 1. The van der Waals surface area contributed by atoms with Crippen molar-refractivity contribution < 1.29 is 18.7 Å². The molecule has 0 saturated carbocycles. The molecule has 1 amide bonds. The fourth-order valence-corrected chi connectivity index (χ4v) is 1.82. The van der Waals surface area contributed by atoms with Crippen LogP contribution in [-0.2, 0) is 4.74 Å². The lowest BCUT2D eigenvalue weighted by Gasteiger charge is -2.10. The van der Waals surface area contributed by atoms with Crippen molar-refractivity contribution in [2.45, 2.75) is 0 Å². The Morgan fingerprint density at radius 2 is 1.90 bits per heavy atom. The lowest BCUT2D eigenvalue weighted by atomic mass is 10.1. The largest absolute Gasteiger partial charge is 0.465 e. The second-order valence-corrected chi connectivity index (χ2v) is 4.26. The minimum atomic E-state index is -0.610. The van der Waals surface area contributed by atoms with E-state index in [-0.39, 0.29) is 22.5 Å². The Balaban J connectivity index is 2.30. The van der Waals surface area contributed by atoms with Gasteiger partial charge in [-0.05, 0) is 30.3 Å². The second kappa shape index (κ2) is 6.04. The number of esters is 1. The standard InChI is InChI=1S/C15H13FN2O3/c1-21-15(20)12-4-2-3-5-13(12)18-14(19)9-6-10(16)8-11(17)7-9/h2-8H,17H2,1H3,(H,18,19). The van der Waals surface area contributed by atoms with E-state index in [2.05, 4.69) is 10.1 Å². The van der Waals surface area contributed by atoms with Gasteiger partial charge in [-0.25, -0.2) is 9.18 Å². The van der Waals surface area contributed by atoms with Crippen molar-refractivity contribution >= 4 is 23.3 Å². The smallest absolute Gasteiger partial charge is 0.339 e. The van der Waals surface area contributed by atoms with Gasteiger partial charge < -0.3 is 15.8 Å². The molecule has 0 radical (unpaired) electrons. The highest BCUT2D eigenvalue weighted by Crippen LogP contribution is 2.18. The zero-order valence-electron chi connectivity index (χ0n) is 11.2. The van der Waals surface area contributed by atoms with Gasteiger partial charge in [0.05, 0.1) is 18.4 Å². The predicted molar refractivity (Wildman–Crippen MR) is 76.5 cm³/mol. The quantitative estimate of drug-likeness (QED) is 0.671. The highest BCUT2D eigenvalue weighted by atomic mass is 19.1. The third-order valence-corrected chi connectivity index (χ3v) is 2.76. The van der Waals surface area contributed by atoms with Crippen LogP contribution in [0.4, 0.5) is 15.8 Å². The van der Waals surface area contributed by atoms with Gasteiger partial charge in [0.25, 0.3) is 5.91 Å². The summed E-state index contributed by atoms with van der Waals surface area (Å²) in [6.45, 7) is 0. The summed E-state index contributed by atoms with van der Waals surface area (Å²) in [7, 11) is 1.24. The number of methoxy groups -OCH3 is 1. The first kappa shape index (κ1) is 14.5. The Labute approximate surface area is 120 Å². The molecule has 2 aromatic carbocycles. The molecule has 0 unspecified atom stereocenters. The Morgan fingerprint density at radius 1 is 1.19 bits per heavy atom. The molecule has 0 aromatic heterocycles. The van der Waals surface area contributed by atoms with E-state index in [9.17, 15) is 14.0 Å². The summed E-state index contributed by atoms with van der Waals surface area (Å²) >= 11 is 0. The number of nitrogens with two attached hydrogens (primary N) is 1. The molecule has 0 fully saturated rings. The lowest BCUT2D eigenvalue weighted by molar-refractivity contribution is 0.0602. The Bertz CT molecular complexity index is 681. The molecule has 0 aliphatic rings. The fourth-order valence-electron chi connectivity index (χ4n) is 1.82. The van der Waals surface area contributed by atoms with E-state index >= 15 is 0 Å². The van der Waals surface area contributed by atoms with Gasteiger partial charge in [-0.1, -0.05) is 12.1 Å². The maximum absolute atomic E-state index is 13.3. The number of amides is 1. The molecule has 108 valence electrons. The van der Waals surface area contributed by atoms with Crippen LogP contribution in [0.1, 0.15) is 20.7 Å². The van der Waals surface area contributed by atoms with Gasteiger partial charge in [-0.15, -0.1) is 0 Å². The summed E-state index contributed by atoms with van der Waals surface area (Å²) in [6.07, 6.45) is 0. The maximum atomic E-state index is 13.3. The van der Waals surface area contributed by atoms with Gasteiger partial charge in [0.1, 0.15) is 5.82 Å². The molecule has 0 heterocycles. The third kappa shape index (κ3) is 3.36. The van der Waals surface area contributed by atoms with Crippen LogP contribution >= 0.6 is 0 Å². The van der Waals surface area contributed by atoms with E-state index in [0.29, 0.717) is 0 Å². The van der Waals surface area contributed by atoms with Gasteiger partial charge in [-0.2, -0.15) is 0 Å². The van der Waals surface area contributed by atoms with E-state index in [0.717, 1.165) is 12.1 Å². The molecule has 0 aliphatic heterocycles. The predicted octanol–water partition coefficient (Wildman–Crippen LogP) is 2.45. The summed E-state index contributed by atoms with van der Waals surface area (Å²) in [4.78, 5) is 23.7. The topological polar surface area (TPSA) is 81.4 Å². The summed E-state index contributed by atoms with van der Waals surface area (Å²) in [5, 5.41) is 2.53. The molecular formula is C15H13FN2O3. The van der Waals surface area contributed by atoms with Crippen LogP contribution < -0.4 is 11.1 Å². The number of carbonyl (C=O) groups excluding carboxylic acids is 2. The van der Waals surface area contributed by atoms with Crippen LogP contribution in [0.3, 0.4) is 0 Å². The van der Waals surface area contributed by atoms with Gasteiger partial charge in [0.2, 0.25) is 0 Å². The van der Waals surface area contributed by atoms with Crippen LogP contribution in [0.5, 0.6) is 0 Å². The van der Waals surface area contributed by atoms with Crippen molar-refractivity contribution in [2.24, 2.45) is 0 Å². The van der Waals surface area contributed by atoms with Gasteiger partial charge >= 0.3 is 5.97 Å². The highest BCUT2D eigenvalue weighted by Gasteiger charge is 2.15. The summed E-state index contributed by atoms with van der Waals surface area (Å²) < 4.78 is 17.9. The zero-order valence-corrected chi connectivity index (χ0v) is 11.2. The molecule has 3 N–H and O–H groups in total. The number of ether oxygens (including phenoxy) is 1. The number of hydrogen-bond donors (Lipinski definition) is 2. The summed E-state index contributed by atoms with van der Waals surface area (Å²) in [5.41, 5.74) is 6.18. The molecule has 2 aromatic rings. The number of nitrogens with one attached hydrogen (secondary N) is 1. The van der Waals surface area contributed by atoms with Crippen molar-refractivity contribution in [3.8, 4) is 0 Å². The van der Waals surface area contributed by atoms with E-state index in [1.807, 2.05) is 0 Å². The van der Waals surface area contributed by atoms with Crippen molar-refractivity contribution in [1.29, 1.82) is 0 Å². The normalized spacial score (nSPS) is 10.0. The van der Waals surface area contributed by atoms with Crippen molar-refractivity contribution in [1.82, 2.24) is 0 Å². The van der Waals surface area contributed by atoms with Crippen molar-refractivity contribution in [3.63, 3.8) is 0 Å². The second-order valence-electron chi connectivity index (χ2n) is 4.26. The minimum absolute atomic E-state index is 0.0622. The van der Waals surface area contributed by atoms with Gasteiger partial charge in [0.15, 0.2) is 0 Å². The van der Waals surface area contributed by atoms with Crippen LogP contribution in [0.25, 0.3) is 0 Å². The fraction of sp³-hybridized carbons (Fsp3) is 0.0667. The number of hydrogen-bond acceptors (Lipinski definition) is 4. The van der Waals surface area contributed by atoms with E-state index in [1.165, 1.54) is 19.2 Å². The van der Waals surface area contributed by atoms with E-state index in [4.69, 9.17) is 5.73 Å². The van der Waals surface area contributed by atoms with Crippen LogP contribution in [0.15, 0.2) is 42.5 Å². The molecule has 0 bridgehead atoms. The highest BCUT2D eigenvalue weighted by molar-refractivity contribution is 6.08. The zero-order chi connectivity index (χ0) is 15.4. The van der Waals surface area contributed by atoms with Crippen molar-refractivity contribution in [3.05, 3.63) is 59.4 Å². The first-order valence-electron chi connectivity index (χ1n) is 6.06. The Morgan fingerprint density at radius 3 is 2.57 bits per heavy atom. The molecule has 0 atom stereocenters. The molecule has 6 heteroatoms. The molecule has 0 aliphatic carbocycles. The first-order chi connectivity index (χ1) is 10.0. The number of para-hydroxylation sites is 1. The number of benzene rings is 2. The molecule has 21 heavy (non-hydrogen) atoms. The number of rotatable bonds is 3. The lowest BCUT2D eigenvalue weighted by Crippen LogP contribution is -2.15. The SMILES string of the molecule is COC(=O)c1ccccc1NC(=O)c1cc(N)cc(F)c1. The maximum Gasteiger partial charge on any atom is 0.339 e. The van der Waals surface area contributed by atoms with Gasteiger partial charge in [0, 0.05) is 11.3 Å². The van der Waals surface area contributed by atoms with Crippen LogP contribution in [0.2, 0.25) is 0 Å². The van der Waals surface area contributed by atoms with E-state index < -0.39 is 17.7 Å². The average Bonchev–Trinajstić information content (AvgIpc) is 2.46. The minimum Gasteiger partial charge on any atom is -0.465 e. The summed E-state index contributed by atoms with van der Waals surface area (Å²) in [6, 6.07) is 9.88. The molecule has 0 spiro atoms. The van der Waals surface area contributed by atoms with E-state index in [1.54, 1.807) is 18.2 Å². The monoisotopic (exact) mass is 288 g/mol. The number of anilines is 2. The average molecular weight is 288 g/mol. The Hall–Kier alpha value is -2.89. The third-order valence-electron chi connectivity index (χ3n) is 2.76. The number of carbonyl (C=O) groups is 2.